The zero-order valence-corrected chi connectivity index (χ0v) is 14.2. The molecule has 1 saturated heterocycles. The first-order valence-electron chi connectivity index (χ1n) is 8.79. The van der Waals surface area contributed by atoms with E-state index in [1.165, 1.54) is 58.0 Å². The molecule has 2 aliphatic carbocycles. The van der Waals surface area contributed by atoms with Gasteiger partial charge in [0.2, 0.25) is 0 Å². The predicted molar refractivity (Wildman–Crippen MR) is 92.8 cm³/mol. The highest BCUT2D eigenvalue weighted by atomic mass is 35.5. The van der Waals surface area contributed by atoms with Crippen molar-refractivity contribution in [2.75, 3.05) is 13.1 Å². The maximum atomic E-state index is 10.3. The van der Waals surface area contributed by atoms with Crippen LogP contribution in [-0.2, 0) is 11.8 Å². The first-order chi connectivity index (χ1) is 10.3. The molecule has 1 aromatic rings. The number of nitrogens with zero attached hydrogens (tertiary/aromatic N) is 1. The van der Waals surface area contributed by atoms with Crippen molar-refractivity contribution in [1.82, 2.24) is 4.90 Å². The Hall–Kier alpha value is -0.570. The molecule has 3 heteroatoms. The van der Waals surface area contributed by atoms with Crippen molar-refractivity contribution < 1.29 is 5.11 Å². The highest BCUT2D eigenvalue weighted by molar-refractivity contribution is 5.85. The molecule has 0 radical (unpaired) electrons. The predicted octanol–water partition coefficient (Wildman–Crippen LogP) is 3.69. The molecule has 3 aliphatic rings. The zero-order valence-electron chi connectivity index (χ0n) is 13.3. The van der Waals surface area contributed by atoms with Gasteiger partial charge < -0.3 is 5.11 Å². The lowest BCUT2D eigenvalue weighted by Gasteiger charge is -2.45. The Balaban J connectivity index is 0.00000144. The summed E-state index contributed by atoms with van der Waals surface area (Å²) < 4.78 is 0. The van der Waals surface area contributed by atoms with Crippen LogP contribution in [-0.4, -0.2) is 35.2 Å². The van der Waals surface area contributed by atoms with Crippen molar-refractivity contribution >= 4 is 12.4 Å². The zero-order chi connectivity index (χ0) is 14.3. The highest BCUT2D eigenvalue weighted by Gasteiger charge is 2.42. The number of hydrogen-bond donors (Lipinski definition) is 1. The quantitative estimate of drug-likeness (QED) is 0.852. The molecule has 1 aliphatic heterocycles. The van der Waals surface area contributed by atoms with Crippen LogP contribution < -0.4 is 0 Å². The molecule has 1 N–H and O–H groups in total. The average molecular weight is 322 g/mol. The minimum absolute atomic E-state index is 0. The fourth-order valence-corrected chi connectivity index (χ4v) is 5.08. The summed E-state index contributed by atoms with van der Waals surface area (Å²) in [6.45, 7) is 2.35. The van der Waals surface area contributed by atoms with Crippen molar-refractivity contribution in [1.29, 1.82) is 0 Å². The molecule has 2 nitrogen and oxygen atoms in total. The largest absolute Gasteiger partial charge is 0.391 e. The Morgan fingerprint density at radius 3 is 2.50 bits per heavy atom. The summed E-state index contributed by atoms with van der Waals surface area (Å²) in [5.74, 6) is 0. The van der Waals surface area contributed by atoms with Gasteiger partial charge in [0.05, 0.1) is 6.10 Å². The molecule has 4 rings (SSSR count). The number of hydrogen-bond acceptors (Lipinski definition) is 2. The van der Waals surface area contributed by atoms with E-state index in [4.69, 9.17) is 0 Å². The van der Waals surface area contributed by atoms with Crippen LogP contribution in [0.25, 0.3) is 0 Å². The molecule has 1 saturated carbocycles. The Morgan fingerprint density at radius 2 is 1.73 bits per heavy atom. The number of piperidine rings is 1. The highest BCUT2D eigenvalue weighted by Crippen LogP contribution is 2.46. The van der Waals surface area contributed by atoms with E-state index >= 15 is 0 Å². The molecule has 1 aromatic carbocycles. The number of aliphatic hydroxyl groups excluding tert-OH is 1. The van der Waals surface area contributed by atoms with E-state index in [1.54, 1.807) is 11.1 Å². The topological polar surface area (TPSA) is 23.5 Å². The van der Waals surface area contributed by atoms with Crippen LogP contribution >= 0.6 is 12.4 Å². The standard InChI is InChI=1S/C19H27NO.ClH/c21-18-8-4-3-7-17(18)20-13-11-19(12-14-20)10-9-15-5-1-2-6-16(15)19;/h1-2,5-6,17-18,21H,3-4,7-14H2;1H. The number of fused-ring (bicyclic) bond motifs is 2. The molecule has 0 aromatic heterocycles. The van der Waals surface area contributed by atoms with Gasteiger partial charge in [-0.2, -0.15) is 0 Å². The van der Waals surface area contributed by atoms with Crippen LogP contribution in [0.5, 0.6) is 0 Å². The van der Waals surface area contributed by atoms with Gasteiger partial charge in [-0.15, -0.1) is 12.4 Å². The smallest absolute Gasteiger partial charge is 0.0695 e. The van der Waals surface area contributed by atoms with Gasteiger partial charge in [0.1, 0.15) is 0 Å². The van der Waals surface area contributed by atoms with Crippen molar-refractivity contribution in [2.24, 2.45) is 0 Å². The Morgan fingerprint density at radius 1 is 1.00 bits per heavy atom. The molecule has 1 spiro atoms. The lowest BCUT2D eigenvalue weighted by molar-refractivity contribution is -0.000269. The third-order valence-corrected chi connectivity index (χ3v) is 6.38. The minimum Gasteiger partial charge on any atom is -0.391 e. The van der Waals surface area contributed by atoms with Gasteiger partial charge in [-0.1, -0.05) is 37.1 Å². The first-order valence-corrected chi connectivity index (χ1v) is 8.79. The molecule has 1 heterocycles. The minimum atomic E-state index is -0.0799. The van der Waals surface area contributed by atoms with Crippen LogP contribution in [0.4, 0.5) is 0 Å². The number of likely N-dealkylation sites (tertiary alicyclic amines) is 1. The number of aliphatic hydroxyl groups is 1. The van der Waals surface area contributed by atoms with Crippen LogP contribution in [0, 0.1) is 0 Å². The molecule has 0 amide bonds. The number of aryl methyl sites for hydroxylation is 1. The molecular formula is C19H28ClNO. The van der Waals surface area contributed by atoms with Gasteiger partial charge in [0, 0.05) is 6.04 Å². The van der Waals surface area contributed by atoms with Crippen LogP contribution in [0.2, 0.25) is 0 Å². The van der Waals surface area contributed by atoms with E-state index in [-0.39, 0.29) is 18.5 Å². The monoisotopic (exact) mass is 321 g/mol. The molecule has 0 bridgehead atoms. The van der Waals surface area contributed by atoms with Crippen LogP contribution in [0.3, 0.4) is 0 Å². The summed E-state index contributed by atoms with van der Waals surface area (Å²) in [5.41, 5.74) is 3.67. The Bertz CT molecular complexity index is 510. The van der Waals surface area contributed by atoms with E-state index in [0.29, 0.717) is 11.5 Å². The Labute approximate surface area is 140 Å². The van der Waals surface area contributed by atoms with Gasteiger partial charge in [0.25, 0.3) is 0 Å². The van der Waals surface area contributed by atoms with Gasteiger partial charge in [-0.3, -0.25) is 4.90 Å². The van der Waals surface area contributed by atoms with Gasteiger partial charge in [0.15, 0.2) is 0 Å². The molecule has 122 valence electrons. The summed E-state index contributed by atoms with van der Waals surface area (Å²) in [6, 6.07) is 9.52. The van der Waals surface area contributed by atoms with E-state index in [1.807, 2.05) is 0 Å². The summed E-state index contributed by atoms with van der Waals surface area (Å²) in [5, 5.41) is 10.3. The van der Waals surface area contributed by atoms with E-state index in [0.717, 1.165) is 6.42 Å². The fraction of sp³-hybridized carbons (Fsp3) is 0.684. The summed E-state index contributed by atoms with van der Waals surface area (Å²) in [4.78, 5) is 2.59. The summed E-state index contributed by atoms with van der Waals surface area (Å²) in [6.07, 6.45) is 9.81. The third-order valence-electron chi connectivity index (χ3n) is 6.38. The first kappa shape index (κ1) is 16.3. The normalized spacial score (nSPS) is 30.8. The molecular weight excluding hydrogens is 294 g/mol. The average Bonchev–Trinajstić information content (AvgIpc) is 2.88. The van der Waals surface area contributed by atoms with E-state index < -0.39 is 0 Å². The molecule has 22 heavy (non-hydrogen) atoms. The second-order valence-electron chi connectivity index (χ2n) is 7.39. The van der Waals surface area contributed by atoms with Gasteiger partial charge in [-0.25, -0.2) is 0 Å². The number of benzene rings is 1. The third kappa shape index (κ3) is 2.70. The molecule has 2 fully saturated rings. The SMILES string of the molecule is Cl.OC1CCCCC1N1CCC2(CCc3ccccc32)CC1. The number of rotatable bonds is 1. The Kier molecular flexibility index (Phi) is 4.82. The van der Waals surface area contributed by atoms with Crippen molar-refractivity contribution in [3.63, 3.8) is 0 Å². The van der Waals surface area contributed by atoms with E-state index in [9.17, 15) is 5.11 Å². The van der Waals surface area contributed by atoms with Gasteiger partial charge in [-0.05, 0) is 68.2 Å². The lowest BCUT2D eigenvalue weighted by atomic mass is 9.73. The molecule has 2 unspecified atom stereocenters. The van der Waals surface area contributed by atoms with Crippen LogP contribution in [0.15, 0.2) is 24.3 Å². The van der Waals surface area contributed by atoms with Crippen molar-refractivity contribution in [2.45, 2.75) is 68.9 Å². The fourth-order valence-electron chi connectivity index (χ4n) is 5.08. The van der Waals surface area contributed by atoms with Crippen molar-refractivity contribution in [3.05, 3.63) is 35.4 Å². The second-order valence-corrected chi connectivity index (χ2v) is 7.39. The number of halogens is 1. The van der Waals surface area contributed by atoms with Crippen molar-refractivity contribution in [3.8, 4) is 0 Å². The summed E-state index contributed by atoms with van der Waals surface area (Å²) in [7, 11) is 0. The second kappa shape index (κ2) is 6.51. The summed E-state index contributed by atoms with van der Waals surface area (Å²) >= 11 is 0. The molecule has 2 atom stereocenters. The lowest BCUT2D eigenvalue weighted by Crippen LogP contribution is -2.51. The van der Waals surface area contributed by atoms with Crippen LogP contribution in [0.1, 0.15) is 56.1 Å². The maximum Gasteiger partial charge on any atom is 0.0695 e. The maximum absolute atomic E-state index is 10.3. The van der Waals surface area contributed by atoms with E-state index in [2.05, 4.69) is 29.2 Å². The van der Waals surface area contributed by atoms with Gasteiger partial charge >= 0.3 is 0 Å².